The van der Waals surface area contributed by atoms with Crippen molar-refractivity contribution < 1.29 is 9.59 Å². The molecule has 6 heteroatoms. The van der Waals surface area contributed by atoms with Crippen LogP contribution in [-0.4, -0.2) is 27.4 Å². The number of anilines is 1. The summed E-state index contributed by atoms with van der Waals surface area (Å²) in [5.74, 6) is 0.00120. The molecule has 0 saturated heterocycles. The zero-order valence-electron chi connectivity index (χ0n) is 16.5. The molecule has 2 amide bonds. The van der Waals surface area contributed by atoms with Gasteiger partial charge in [-0.15, -0.1) is 0 Å². The molecule has 1 aromatic heterocycles. The smallest absolute Gasteiger partial charge is 0.249 e. The standard InChI is InChI=1S/C22H26N4O2/c1-4-26-18-13-9-8-12-17(18)23-22(26)25-21(28)20(15(2)3)24-19(27)14-16-10-6-5-7-11-16/h5-13,15,20H,4,14H2,1-3H3,(H,24,27)(H,23,25,28). The van der Waals surface area contributed by atoms with Crippen LogP contribution in [0.25, 0.3) is 11.0 Å². The molecule has 2 N–H and O–H groups in total. The van der Waals surface area contributed by atoms with E-state index in [1.54, 1.807) is 0 Å². The molecule has 146 valence electrons. The van der Waals surface area contributed by atoms with Crippen molar-refractivity contribution in [2.24, 2.45) is 5.92 Å². The summed E-state index contributed by atoms with van der Waals surface area (Å²) in [6.45, 7) is 6.51. The first-order chi connectivity index (χ1) is 13.5. The summed E-state index contributed by atoms with van der Waals surface area (Å²) in [6, 6.07) is 16.6. The first kappa shape index (κ1) is 19.6. The summed E-state index contributed by atoms with van der Waals surface area (Å²) < 4.78 is 1.95. The van der Waals surface area contributed by atoms with E-state index in [2.05, 4.69) is 15.6 Å². The lowest BCUT2D eigenvalue weighted by Crippen LogP contribution is -2.47. The molecule has 0 bridgehead atoms. The SMILES string of the molecule is CCn1c(NC(=O)C(NC(=O)Cc2ccccc2)C(C)C)nc2ccccc21. The van der Waals surface area contributed by atoms with E-state index in [0.717, 1.165) is 16.6 Å². The van der Waals surface area contributed by atoms with Gasteiger partial charge < -0.3 is 9.88 Å². The normalized spacial score (nSPS) is 12.1. The number of nitrogens with zero attached hydrogens (tertiary/aromatic N) is 2. The molecule has 0 aliphatic rings. The highest BCUT2D eigenvalue weighted by molar-refractivity contribution is 5.97. The number of rotatable bonds is 7. The molecule has 0 spiro atoms. The Kier molecular flexibility index (Phi) is 6.09. The number of benzene rings is 2. The van der Waals surface area contributed by atoms with Crippen LogP contribution in [0.5, 0.6) is 0 Å². The summed E-state index contributed by atoms with van der Waals surface area (Å²) in [6.07, 6.45) is 0.241. The van der Waals surface area contributed by atoms with Gasteiger partial charge in [-0.05, 0) is 30.5 Å². The van der Waals surface area contributed by atoms with Crippen LogP contribution in [0.3, 0.4) is 0 Å². The third-order valence-electron chi connectivity index (χ3n) is 4.68. The number of fused-ring (bicyclic) bond motifs is 1. The van der Waals surface area contributed by atoms with Crippen molar-refractivity contribution in [3.8, 4) is 0 Å². The van der Waals surface area contributed by atoms with E-state index in [9.17, 15) is 9.59 Å². The molecule has 2 aromatic carbocycles. The third-order valence-corrected chi connectivity index (χ3v) is 4.68. The molecule has 0 radical (unpaired) electrons. The number of hydrogen-bond donors (Lipinski definition) is 2. The van der Waals surface area contributed by atoms with E-state index in [4.69, 9.17) is 0 Å². The number of aryl methyl sites for hydroxylation is 1. The van der Waals surface area contributed by atoms with Gasteiger partial charge in [0.05, 0.1) is 17.5 Å². The number of hydrogen-bond acceptors (Lipinski definition) is 3. The van der Waals surface area contributed by atoms with Crippen LogP contribution in [0, 0.1) is 5.92 Å². The van der Waals surface area contributed by atoms with Crippen molar-refractivity contribution in [3.05, 3.63) is 60.2 Å². The molecular formula is C22H26N4O2. The molecule has 0 aliphatic heterocycles. The Balaban J connectivity index is 1.74. The number of amides is 2. The Morgan fingerprint density at radius 2 is 1.71 bits per heavy atom. The zero-order chi connectivity index (χ0) is 20.1. The fourth-order valence-corrected chi connectivity index (χ4v) is 3.22. The van der Waals surface area contributed by atoms with Crippen molar-refractivity contribution in [2.45, 2.75) is 39.8 Å². The first-order valence-electron chi connectivity index (χ1n) is 9.59. The number of nitrogens with one attached hydrogen (secondary N) is 2. The van der Waals surface area contributed by atoms with E-state index >= 15 is 0 Å². The molecule has 0 saturated carbocycles. The third kappa shape index (κ3) is 4.39. The summed E-state index contributed by atoms with van der Waals surface area (Å²) in [7, 11) is 0. The minimum absolute atomic E-state index is 0.0563. The van der Waals surface area contributed by atoms with Crippen LogP contribution in [0.4, 0.5) is 5.95 Å². The summed E-state index contributed by atoms with van der Waals surface area (Å²) >= 11 is 0. The highest BCUT2D eigenvalue weighted by Gasteiger charge is 2.25. The van der Waals surface area contributed by atoms with Crippen LogP contribution in [0.2, 0.25) is 0 Å². The number of carbonyl (C=O) groups excluding carboxylic acids is 2. The van der Waals surface area contributed by atoms with Gasteiger partial charge in [0, 0.05) is 6.54 Å². The molecule has 1 atom stereocenters. The Bertz CT molecular complexity index is 963. The quantitative estimate of drug-likeness (QED) is 0.662. The molecule has 28 heavy (non-hydrogen) atoms. The second kappa shape index (κ2) is 8.69. The van der Waals surface area contributed by atoms with Crippen LogP contribution in [-0.2, 0) is 22.6 Å². The predicted octanol–water partition coefficient (Wildman–Crippen LogP) is 3.38. The first-order valence-corrected chi connectivity index (χ1v) is 9.59. The van der Waals surface area contributed by atoms with Gasteiger partial charge in [0.25, 0.3) is 0 Å². The minimum Gasteiger partial charge on any atom is -0.344 e. The molecule has 0 fully saturated rings. The maximum Gasteiger partial charge on any atom is 0.249 e. The second-order valence-electron chi connectivity index (χ2n) is 7.11. The fraction of sp³-hybridized carbons (Fsp3) is 0.318. The van der Waals surface area contributed by atoms with Crippen molar-refractivity contribution in [1.82, 2.24) is 14.9 Å². The molecule has 0 aliphatic carbocycles. The molecule has 1 unspecified atom stereocenters. The van der Waals surface area contributed by atoms with E-state index in [1.807, 2.05) is 79.9 Å². The average molecular weight is 378 g/mol. The largest absolute Gasteiger partial charge is 0.344 e. The number of carbonyl (C=O) groups is 2. The van der Waals surface area contributed by atoms with Crippen molar-refractivity contribution in [1.29, 1.82) is 0 Å². The average Bonchev–Trinajstić information content (AvgIpc) is 3.03. The topological polar surface area (TPSA) is 76.0 Å². The number of para-hydroxylation sites is 2. The van der Waals surface area contributed by atoms with Gasteiger partial charge >= 0.3 is 0 Å². The van der Waals surface area contributed by atoms with E-state index in [-0.39, 0.29) is 24.2 Å². The van der Waals surface area contributed by atoms with E-state index < -0.39 is 6.04 Å². The molecule has 3 aromatic rings. The lowest BCUT2D eigenvalue weighted by molar-refractivity contribution is -0.127. The lowest BCUT2D eigenvalue weighted by Gasteiger charge is -2.21. The molecule has 3 rings (SSSR count). The van der Waals surface area contributed by atoms with Gasteiger partial charge in [0.15, 0.2) is 0 Å². The van der Waals surface area contributed by atoms with E-state index in [0.29, 0.717) is 12.5 Å². The van der Waals surface area contributed by atoms with Crippen molar-refractivity contribution in [3.63, 3.8) is 0 Å². The highest BCUT2D eigenvalue weighted by atomic mass is 16.2. The second-order valence-corrected chi connectivity index (χ2v) is 7.11. The monoisotopic (exact) mass is 378 g/mol. The van der Waals surface area contributed by atoms with E-state index in [1.165, 1.54) is 0 Å². The highest BCUT2D eigenvalue weighted by Crippen LogP contribution is 2.20. The Labute approximate surface area is 165 Å². The van der Waals surface area contributed by atoms with Crippen molar-refractivity contribution in [2.75, 3.05) is 5.32 Å². The fourth-order valence-electron chi connectivity index (χ4n) is 3.22. The van der Waals surface area contributed by atoms with Gasteiger partial charge in [-0.25, -0.2) is 4.98 Å². The van der Waals surface area contributed by atoms with Crippen LogP contribution in [0.15, 0.2) is 54.6 Å². The van der Waals surface area contributed by atoms with Crippen molar-refractivity contribution >= 4 is 28.8 Å². The van der Waals surface area contributed by atoms with Crippen LogP contribution >= 0.6 is 0 Å². The van der Waals surface area contributed by atoms with Gasteiger partial charge in [0.1, 0.15) is 6.04 Å². The Morgan fingerprint density at radius 3 is 2.39 bits per heavy atom. The number of imidazole rings is 1. The van der Waals surface area contributed by atoms with Crippen LogP contribution in [0.1, 0.15) is 26.3 Å². The maximum atomic E-state index is 12.9. The van der Waals surface area contributed by atoms with Gasteiger partial charge in [0.2, 0.25) is 17.8 Å². The summed E-state index contributed by atoms with van der Waals surface area (Å²) in [5.41, 5.74) is 2.71. The summed E-state index contributed by atoms with van der Waals surface area (Å²) in [4.78, 5) is 29.9. The molecule has 1 heterocycles. The Hall–Kier alpha value is -3.15. The van der Waals surface area contributed by atoms with Gasteiger partial charge in [-0.3, -0.25) is 14.9 Å². The summed E-state index contributed by atoms with van der Waals surface area (Å²) in [5, 5.41) is 5.77. The maximum absolute atomic E-state index is 12.9. The molecular weight excluding hydrogens is 352 g/mol. The predicted molar refractivity (Wildman–Crippen MR) is 111 cm³/mol. The van der Waals surface area contributed by atoms with Crippen LogP contribution < -0.4 is 10.6 Å². The van der Waals surface area contributed by atoms with Gasteiger partial charge in [-0.1, -0.05) is 56.3 Å². The number of aromatic nitrogens is 2. The molecule has 6 nitrogen and oxygen atoms in total. The zero-order valence-corrected chi connectivity index (χ0v) is 16.5. The van der Waals surface area contributed by atoms with Gasteiger partial charge in [-0.2, -0.15) is 0 Å². The Morgan fingerprint density at radius 1 is 1.04 bits per heavy atom. The minimum atomic E-state index is -0.638. The lowest BCUT2D eigenvalue weighted by atomic mass is 10.0.